The smallest absolute Gasteiger partial charge is 0.0119 e. The van der Waals surface area contributed by atoms with Gasteiger partial charge in [0.2, 0.25) is 0 Å². The average Bonchev–Trinajstić information content (AvgIpc) is 2.87. The van der Waals surface area contributed by atoms with Crippen molar-refractivity contribution in [1.82, 2.24) is 15.1 Å². The Balaban J connectivity index is 1.48. The largest absolute Gasteiger partial charge is 0.317 e. The number of hydrogen-bond donors (Lipinski definition) is 1. The number of fused-ring (bicyclic) bond motifs is 1. The molecule has 0 amide bonds. The molecule has 0 aromatic carbocycles. The molecule has 3 heterocycles. The summed E-state index contributed by atoms with van der Waals surface area (Å²) < 4.78 is 0. The van der Waals surface area contributed by atoms with Crippen molar-refractivity contribution < 1.29 is 0 Å². The van der Waals surface area contributed by atoms with Crippen molar-refractivity contribution in [3.05, 3.63) is 0 Å². The highest BCUT2D eigenvalue weighted by molar-refractivity contribution is 4.90. The Labute approximate surface area is 112 Å². The van der Waals surface area contributed by atoms with Gasteiger partial charge in [-0.3, -0.25) is 0 Å². The van der Waals surface area contributed by atoms with Gasteiger partial charge < -0.3 is 15.1 Å². The summed E-state index contributed by atoms with van der Waals surface area (Å²) in [6.45, 7) is 6.53. The first kappa shape index (κ1) is 12.9. The monoisotopic (exact) mass is 251 g/mol. The van der Waals surface area contributed by atoms with Crippen molar-refractivity contribution >= 4 is 0 Å². The van der Waals surface area contributed by atoms with Crippen LogP contribution in [0.2, 0.25) is 0 Å². The Bertz CT molecular complexity index is 262. The van der Waals surface area contributed by atoms with Crippen molar-refractivity contribution in [2.24, 2.45) is 5.92 Å². The molecule has 18 heavy (non-hydrogen) atoms. The van der Waals surface area contributed by atoms with E-state index in [0.717, 1.165) is 18.0 Å². The molecule has 3 saturated heterocycles. The first-order valence-corrected chi connectivity index (χ1v) is 7.98. The van der Waals surface area contributed by atoms with Crippen molar-refractivity contribution in [3.8, 4) is 0 Å². The summed E-state index contributed by atoms with van der Waals surface area (Å²) in [5, 5.41) is 3.47. The maximum atomic E-state index is 3.47. The van der Waals surface area contributed by atoms with Crippen LogP contribution in [-0.4, -0.2) is 61.7 Å². The molecule has 2 unspecified atom stereocenters. The molecule has 3 aliphatic heterocycles. The molecule has 0 spiro atoms. The average molecular weight is 251 g/mol. The van der Waals surface area contributed by atoms with Gasteiger partial charge in [0.25, 0.3) is 0 Å². The standard InChI is InChI=1S/C15H29N3/c1-17(12-13-4-7-16-8-5-13)14-6-10-18-9-2-3-15(18)11-14/h13-16H,2-12H2,1H3. The molecular formula is C15H29N3. The van der Waals surface area contributed by atoms with Gasteiger partial charge >= 0.3 is 0 Å². The maximum Gasteiger partial charge on any atom is 0.0119 e. The van der Waals surface area contributed by atoms with Gasteiger partial charge in [-0.1, -0.05) is 0 Å². The summed E-state index contributed by atoms with van der Waals surface area (Å²) in [4.78, 5) is 5.42. The third-order valence-electron chi connectivity index (χ3n) is 5.42. The van der Waals surface area contributed by atoms with Gasteiger partial charge in [0.1, 0.15) is 0 Å². The zero-order valence-electron chi connectivity index (χ0n) is 11.9. The Hall–Kier alpha value is -0.120. The summed E-state index contributed by atoms with van der Waals surface area (Å²) in [5.74, 6) is 0.942. The molecule has 3 heteroatoms. The minimum atomic E-state index is 0.860. The molecule has 2 atom stereocenters. The van der Waals surface area contributed by atoms with E-state index in [1.807, 2.05) is 0 Å². The molecule has 0 aromatic rings. The van der Waals surface area contributed by atoms with E-state index in [1.165, 1.54) is 71.2 Å². The molecule has 104 valence electrons. The van der Waals surface area contributed by atoms with Crippen LogP contribution in [0.4, 0.5) is 0 Å². The van der Waals surface area contributed by atoms with Crippen LogP contribution in [-0.2, 0) is 0 Å². The van der Waals surface area contributed by atoms with Crippen LogP contribution in [0.15, 0.2) is 0 Å². The lowest BCUT2D eigenvalue weighted by atomic mass is 9.93. The van der Waals surface area contributed by atoms with Gasteiger partial charge in [-0.05, 0) is 77.7 Å². The predicted molar refractivity (Wildman–Crippen MR) is 75.8 cm³/mol. The van der Waals surface area contributed by atoms with E-state index >= 15 is 0 Å². The summed E-state index contributed by atoms with van der Waals surface area (Å²) in [5.41, 5.74) is 0. The van der Waals surface area contributed by atoms with E-state index in [9.17, 15) is 0 Å². The minimum absolute atomic E-state index is 0.860. The van der Waals surface area contributed by atoms with Crippen molar-refractivity contribution in [2.75, 3.05) is 39.8 Å². The zero-order valence-corrected chi connectivity index (χ0v) is 11.9. The molecule has 1 N–H and O–H groups in total. The summed E-state index contributed by atoms with van der Waals surface area (Å²) in [6, 6.07) is 1.78. The topological polar surface area (TPSA) is 18.5 Å². The second-order valence-electron chi connectivity index (χ2n) is 6.64. The zero-order chi connectivity index (χ0) is 12.4. The van der Waals surface area contributed by atoms with Crippen molar-refractivity contribution in [2.45, 2.75) is 50.6 Å². The predicted octanol–water partition coefficient (Wildman–Crippen LogP) is 1.54. The van der Waals surface area contributed by atoms with Crippen LogP contribution in [0.5, 0.6) is 0 Å². The van der Waals surface area contributed by atoms with Crippen LogP contribution in [0.3, 0.4) is 0 Å². The Morgan fingerprint density at radius 2 is 1.94 bits per heavy atom. The normalized spacial score (nSPS) is 35.0. The third-order valence-corrected chi connectivity index (χ3v) is 5.42. The molecule has 3 rings (SSSR count). The summed E-state index contributed by atoms with van der Waals surface area (Å²) >= 11 is 0. The van der Waals surface area contributed by atoms with Crippen molar-refractivity contribution in [3.63, 3.8) is 0 Å². The fourth-order valence-corrected chi connectivity index (χ4v) is 4.22. The van der Waals surface area contributed by atoms with Gasteiger partial charge in [-0.15, -0.1) is 0 Å². The first-order chi connectivity index (χ1) is 8.83. The van der Waals surface area contributed by atoms with Crippen LogP contribution in [0.1, 0.15) is 38.5 Å². The lowest BCUT2D eigenvalue weighted by molar-refractivity contribution is 0.0899. The van der Waals surface area contributed by atoms with Crippen LogP contribution < -0.4 is 5.32 Å². The van der Waals surface area contributed by atoms with E-state index < -0.39 is 0 Å². The minimum Gasteiger partial charge on any atom is -0.317 e. The number of piperidine rings is 2. The summed E-state index contributed by atoms with van der Waals surface area (Å²) in [6.07, 6.45) is 8.49. The molecule has 3 fully saturated rings. The number of nitrogens with zero attached hydrogens (tertiary/aromatic N) is 2. The molecular weight excluding hydrogens is 222 g/mol. The van der Waals surface area contributed by atoms with E-state index in [4.69, 9.17) is 0 Å². The lowest BCUT2D eigenvalue weighted by Gasteiger charge is -2.40. The highest BCUT2D eigenvalue weighted by Gasteiger charge is 2.33. The van der Waals surface area contributed by atoms with Gasteiger partial charge in [-0.2, -0.15) is 0 Å². The quantitative estimate of drug-likeness (QED) is 0.821. The van der Waals surface area contributed by atoms with Gasteiger partial charge in [0.15, 0.2) is 0 Å². The lowest BCUT2D eigenvalue weighted by Crippen LogP contribution is -2.48. The van der Waals surface area contributed by atoms with Gasteiger partial charge in [-0.25, -0.2) is 0 Å². The Kier molecular flexibility index (Phi) is 4.22. The Morgan fingerprint density at radius 1 is 1.11 bits per heavy atom. The first-order valence-electron chi connectivity index (χ1n) is 7.98. The van der Waals surface area contributed by atoms with Crippen LogP contribution >= 0.6 is 0 Å². The highest BCUT2D eigenvalue weighted by atomic mass is 15.2. The maximum absolute atomic E-state index is 3.47. The van der Waals surface area contributed by atoms with Crippen LogP contribution in [0.25, 0.3) is 0 Å². The van der Waals surface area contributed by atoms with E-state index in [-0.39, 0.29) is 0 Å². The number of rotatable bonds is 3. The molecule has 3 nitrogen and oxygen atoms in total. The SMILES string of the molecule is CN(CC1CCNCC1)C1CCN2CCCC2C1. The number of hydrogen-bond acceptors (Lipinski definition) is 3. The van der Waals surface area contributed by atoms with E-state index in [2.05, 4.69) is 22.2 Å². The molecule has 0 aromatic heterocycles. The van der Waals surface area contributed by atoms with Gasteiger partial charge in [0.05, 0.1) is 0 Å². The molecule has 0 radical (unpaired) electrons. The number of nitrogens with one attached hydrogen (secondary N) is 1. The van der Waals surface area contributed by atoms with E-state index in [0.29, 0.717) is 0 Å². The van der Waals surface area contributed by atoms with Gasteiger partial charge in [0, 0.05) is 18.6 Å². The second-order valence-corrected chi connectivity index (χ2v) is 6.64. The molecule has 0 saturated carbocycles. The molecule has 0 aliphatic carbocycles. The van der Waals surface area contributed by atoms with E-state index in [1.54, 1.807) is 0 Å². The third kappa shape index (κ3) is 2.89. The second kappa shape index (κ2) is 5.89. The van der Waals surface area contributed by atoms with Crippen LogP contribution in [0, 0.1) is 5.92 Å². The Morgan fingerprint density at radius 3 is 2.78 bits per heavy atom. The fraction of sp³-hybridized carbons (Fsp3) is 1.00. The summed E-state index contributed by atoms with van der Waals surface area (Å²) in [7, 11) is 2.37. The fourth-order valence-electron chi connectivity index (χ4n) is 4.22. The molecule has 0 bridgehead atoms. The molecule has 3 aliphatic rings. The van der Waals surface area contributed by atoms with Crippen molar-refractivity contribution in [1.29, 1.82) is 0 Å². The highest BCUT2D eigenvalue weighted by Crippen LogP contribution is 2.29.